The van der Waals surface area contributed by atoms with E-state index in [1.165, 1.54) is 83.3 Å². The molecule has 2 unspecified atom stereocenters. The molecule has 1 aliphatic rings. The fourth-order valence-corrected chi connectivity index (χ4v) is 9.23. The number of benzene rings is 6. The number of nitrogen functional groups attached to an aromatic ring is 1. The summed E-state index contributed by atoms with van der Waals surface area (Å²) in [6.45, 7) is 27.5. The second-order valence-corrected chi connectivity index (χ2v) is 18.4. The lowest BCUT2D eigenvalue weighted by Crippen LogP contribution is -2.36. The molecule has 0 radical (unpaired) electrons. The summed E-state index contributed by atoms with van der Waals surface area (Å²) in [4.78, 5) is 2.47. The molecule has 7 rings (SSSR count). The van der Waals surface area contributed by atoms with Gasteiger partial charge in [-0.2, -0.15) is 0 Å². The van der Waals surface area contributed by atoms with E-state index in [2.05, 4.69) is 187 Å². The number of hydrogen-bond acceptors (Lipinski definition) is 3. The SMILES string of the molecule is Cc1cc(C)c(-c2cc(-c3cc4c(cc3Nc3ccc(P)cc3)C(C)(C)C4C)c(C)c(N(c3ccc(N)cc3)c3cc(C(C)(C)C)c(C)cc3C)c2)c(C)c1. The molecule has 0 amide bonds. The summed E-state index contributed by atoms with van der Waals surface area (Å²) in [7, 11) is 2.81. The molecule has 3 nitrogen and oxygen atoms in total. The van der Waals surface area contributed by atoms with Crippen molar-refractivity contribution in [1.29, 1.82) is 0 Å². The maximum absolute atomic E-state index is 6.33. The van der Waals surface area contributed by atoms with Crippen molar-refractivity contribution in [3.63, 3.8) is 0 Å². The number of aryl methyl sites for hydroxylation is 5. The molecule has 3 N–H and O–H groups in total. The van der Waals surface area contributed by atoms with Crippen LogP contribution >= 0.6 is 9.24 Å². The smallest absolute Gasteiger partial charge is 0.0503 e. The largest absolute Gasteiger partial charge is 0.399 e. The molecule has 0 fully saturated rings. The van der Waals surface area contributed by atoms with E-state index < -0.39 is 0 Å². The molecular formula is C51H58N3P. The van der Waals surface area contributed by atoms with Crippen molar-refractivity contribution in [2.75, 3.05) is 16.0 Å². The predicted molar refractivity (Wildman–Crippen MR) is 244 cm³/mol. The van der Waals surface area contributed by atoms with Gasteiger partial charge in [0.1, 0.15) is 0 Å². The maximum Gasteiger partial charge on any atom is 0.0503 e. The van der Waals surface area contributed by atoms with Gasteiger partial charge in [-0.25, -0.2) is 0 Å². The average Bonchev–Trinajstić information content (AvgIpc) is 3.10. The van der Waals surface area contributed by atoms with Crippen molar-refractivity contribution in [1.82, 2.24) is 0 Å². The van der Waals surface area contributed by atoms with Gasteiger partial charge in [-0.1, -0.05) is 77.4 Å². The molecule has 282 valence electrons. The van der Waals surface area contributed by atoms with Crippen molar-refractivity contribution in [3.8, 4) is 22.3 Å². The van der Waals surface area contributed by atoms with E-state index in [-0.39, 0.29) is 10.8 Å². The average molecular weight is 744 g/mol. The first-order chi connectivity index (χ1) is 25.8. The lowest BCUT2D eigenvalue weighted by Gasteiger charge is -2.46. The maximum atomic E-state index is 6.33. The first-order valence-electron chi connectivity index (χ1n) is 19.7. The zero-order chi connectivity index (χ0) is 39.7. The van der Waals surface area contributed by atoms with Gasteiger partial charge in [-0.05, 0) is 192 Å². The highest BCUT2D eigenvalue weighted by atomic mass is 31.0. The normalized spacial score (nSPS) is 14.7. The summed E-state index contributed by atoms with van der Waals surface area (Å²) in [5.74, 6) is 0.452. The topological polar surface area (TPSA) is 41.3 Å². The Hall–Kier alpha value is -4.85. The van der Waals surface area contributed by atoms with Crippen molar-refractivity contribution in [2.24, 2.45) is 0 Å². The Morgan fingerprint density at radius 1 is 0.691 bits per heavy atom. The van der Waals surface area contributed by atoms with E-state index in [1.807, 2.05) is 12.1 Å². The van der Waals surface area contributed by atoms with E-state index in [0.29, 0.717) is 5.92 Å². The van der Waals surface area contributed by atoms with E-state index in [0.717, 1.165) is 28.4 Å². The summed E-state index contributed by atoms with van der Waals surface area (Å²) < 4.78 is 0. The molecule has 0 aliphatic heterocycles. The highest BCUT2D eigenvalue weighted by Gasteiger charge is 2.42. The zero-order valence-electron chi connectivity index (χ0n) is 34.9. The molecule has 0 saturated carbocycles. The van der Waals surface area contributed by atoms with E-state index in [4.69, 9.17) is 5.73 Å². The number of anilines is 6. The van der Waals surface area contributed by atoms with Crippen LogP contribution in [0.3, 0.4) is 0 Å². The molecule has 0 saturated heterocycles. The summed E-state index contributed by atoms with van der Waals surface area (Å²) >= 11 is 0. The number of fused-ring (bicyclic) bond motifs is 1. The van der Waals surface area contributed by atoms with Crippen LogP contribution in [0.15, 0.2) is 97.1 Å². The highest BCUT2D eigenvalue weighted by Crippen LogP contribution is 2.55. The third-order valence-electron chi connectivity index (χ3n) is 12.2. The molecule has 1 aliphatic carbocycles. The van der Waals surface area contributed by atoms with Crippen molar-refractivity contribution >= 4 is 48.7 Å². The van der Waals surface area contributed by atoms with Crippen molar-refractivity contribution in [2.45, 2.75) is 99.8 Å². The summed E-state index contributed by atoms with van der Waals surface area (Å²) in [6, 6.07) is 36.2. The van der Waals surface area contributed by atoms with E-state index in [9.17, 15) is 0 Å². The Bertz CT molecular complexity index is 2420. The minimum atomic E-state index is -0.0247. The monoisotopic (exact) mass is 743 g/mol. The molecule has 0 spiro atoms. The fraction of sp³-hybridized carbons (Fsp3) is 0.294. The van der Waals surface area contributed by atoms with Gasteiger partial charge in [-0.15, -0.1) is 9.24 Å². The lowest BCUT2D eigenvalue weighted by atomic mass is 9.58. The van der Waals surface area contributed by atoms with Gasteiger partial charge in [0, 0.05) is 34.0 Å². The van der Waals surface area contributed by atoms with Crippen LogP contribution in [0.1, 0.15) is 97.5 Å². The van der Waals surface area contributed by atoms with E-state index >= 15 is 0 Å². The molecule has 2 atom stereocenters. The van der Waals surface area contributed by atoms with Gasteiger partial charge >= 0.3 is 0 Å². The first kappa shape index (κ1) is 38.4. The Labute approximate surface area is 332 Å². The van der Waals surface area contributed by atoms with Crippen LogP contribution in [-0.2, 0) is 10.8 Å². The molecule has 55 heavy (non-hydrogen) atoms. The van der Waals surface area contributed by atoms with Crippen LogP contribution in [0.5, 0.6) is 0 Å². The second kappa shape index (κ2) is 14.0. The van der Waals surface area contributed by atoms with Crippen molar-refractivity contribution in [3.05, 3.63) is 147 Å². The minimum absolute atomic E-state index is 0.0247. The number of hydrogen-bond donors (Lipinski definition) is 2. The van der Waals surface area contributed by atoms with Crippen LogP contribution < -0.4 is 21.3 Å². The Balaban J connectivity index is 1.58. The summed E-state index contributed by atoms with van der Waals surface area (Å²) in [5.41, 5.74) is 29.5. The van der Waals surface area contributed by atoms with Gasteiger partial charge in [0.25, 0.3) is 0 Å². The third kappa shape index (κ3) is 6.98. The molecule has 0 bridgehead atoms. The number of nitrogens with zero attached hydrogens (tertiary/aromatic N) is 1. The van der Waals surface area contributed by atoms with Gasteiger partial charge in [0.05, 0.1) is 5.69 Å². The van der Waals surface area contributed by atoms with Crippen LogP contribution in [0.2, 0.25) is 0 Å². The highest BCUT2D eigenvalue weighted by molar-refractivity contribution is 7.27. The van der Waals surface area contributed by atoms with Crippen LogP contribution in [0, 0.1) is 41.5 Å². The minimum Gasteiger partial charge on any atom is -0.399 e. The van der Waals surface area contributed by atoms with Crippen LogP contribution in [-0.4, -0.2) is 0 Å². The molecule has 0 heterocycles. The predicted octanol–water partition coefficient (Wildman–Crippen LogP) is 13.9. The number of nitrogens with one attached hydrogen (secondary N) is 1. The second-order valence-electron chi connectivity index (χ2n) is 17.7. The van der Waals surface area contributed by atoms with Gasteiger partial charge in [0.15, 0.2) is 0 Å². The molecule has 0 aromatic heterocycles. The van der Waals surface area contributed by atoms with E-state index in [1.54, 1.807) is 0 Å². The Morgan fingerprint density at radius 2 is 1.33 bits per heavy atom. The standard InChI is InChI=1S/C51H58N3P/c1-29-21-32(4)49(33(5)22-29)36-24-41(43-26-42-35(7)51(11,12)45(42)27-46(43)53-38-15-19-40(55)20-16-38)34(6)48(25-36)54(39-17-13-37(52)14-18-39)47-28-44(50(8,9)10)30(2)23-31(47)3/h13-28,35,53H,52,55H2,1-12H3. The molecular weight excluding hydrogens is 686 g/mol. The number of rotatable bonds is 7. The third-order valence-corrected chi connectivity index (χ3v) is 12.6. The molecule has 6 aromatic rings. The first-order valence-corrected chi connectivity index (χ1v) is 20.2. The molecule has 6 aromatic carbocycles. The van der Waals surface area contributed by atoms with Crippen LogP contribution in [0.4, 0.5) is 34.1 Å². The van der Waals surface area contributed by atoms with Gasteiger partial charge < -0.3 is 16.0 Å². The molecule has 4 heteroatoms. The van der Waals surface area contributed by atoms with Crippen molar-refractivity contribution < 1.29 is 0 Å². The summed E-state index contributed by atoms with van der Waals surface area (Å²) in [6.07, 6.45) is 0. The quantitative estimate of drug-likeness (QED) is 0.126. The van der Waals surface area contributed by atoms with Gasteiger partial charge in [-0.3, -0.25) is 0 Å². The number of nitrogens with two attached hydrogens (primary N) is 1. The van der Waals surface area contributed by atoms with Gasteiger partial charge in [0.2, 0.25) is 0 Å². The summed E-state index contributed by atoms with van der Waals surface area (Å²) in [5, 5.41) is 5.06. The fourth-order valence-electron chi connectivity index (χ4n) is 9.04. The lowest BCUT2D eigenvalue weighted by molar-refractivity contribution is 0.371. The Kier molecular flexibility index (Phi) is 9.80. The Morgan fingerprint density at radius 3 is 1.95 bits per heavy atom. The van der Waals surface area contributed by atoms with Crippen LogP contribution in [0.25, 0.3) is 22.3 Å². The zero-order valence-corrected chi connectivity index (χ0v) is 36.1.